The normalized spacial score (nSPS) is 21.1. The zero-order chi connectivity index (χ0) is 21.5. The fourth-order valence-electron chi connectivity index (χ4n) is 4.71. The summed E-state index contributed by atoms with van der Waals surface area (Å²) in [6.07, 6.45) is 5.83. The number of nitrogens with one attached hydrogen (secondary N) is 2. The standard InChI is InChI=1S/C22H28N6O3/c1-2-19(29)27-10-8-14-17(12-27)23-20(24-21(14)30)18-5-3-4-9-28(18)22(31)16-11-15(25-26-16)13-6-7-13/h11,13,18H,2-10,12H2,1H3,(H,25,26)(H,23,24,30)/t18-/m0/s1. The number of hydrogen-bond acceptors (Lipinski definition) is 5. The summed E-state index contributed by atoms with van der Waals surface area (Å²) in [5.41, 5.74) is 2.60. The van der Waals surface area contributed by atoms with Crippen LogP contribution < -0.4 is 5.56 Å². The number of rotatable bonds is 4. The molecule has 2 fully saturated rings. The van der Waals surface area contributed by atoms with Crippen LogP contribution in [0.5, 0.6) is 0 Å². The lowest BCUT2D eigenvalue weighted by Gasteiger charge is -2.35. The monoisotopic (exact) mass is 424 g/mol. The Morgan fingerprint density at radius 2 is 2.03 bits per heavy atom. The number of hydrogen-bond donors (Lipinski definition) is 2. The number of piperidine rings is 1. The maximum Gasteiger partial charge on any atom is 0.274 e. The molecule has 3 aliphatic rings. The van der Waals surface area contributed by atoms with Crippen LogP contribution in [0.3, 0.4) is 0 Å². The number of nitrogens with zero attached hydrogens (tertiary/aromatic N) is 4. The zero-order valence-corrected chi connectivity index (χ0v) is 17.8. The van der Waals surface area contributed by atoms with Crippen molar-refractivity contribution in [2.75, 3.05) is 13.1 Å². The lowest BCUT2D eigenvalue weighted by atomic mass is 9.99. The Balaban J connectivity index is 1.43. The molecule has 5 rings (SSSR count). The number of likely N-dealkylation sites (tertiary alicyclic amines) is 1. The minimum absolute atomic E-state index is 0.0637. The first-order chi connectivity index (χ1) is 15.0. The van der Waals surface area contributed by atoms with Gasteiger partial charge in [-0.3, -0.25) is 19.5 Å². The zero-order valence-electron chi connectivity index (χ0n) is 17.8. The lowest BCUT2D eigenvalue weighted by molar-refractivity contribution is -0.131. The van der Waals surface area contributed by atoms with E-state index >= 15 is 0 Å². The number of aromatic amines is 2. The molecule has 2 aliphatic heterocycles. The lowest BCUT2D eigenvalue weighted by Crippen LogP contribution is -2.42. The summed E-state index contributed by atoms with van der Waals surface area (Å²) in [6, 6.07) is 1.57. The van der Waals surface area contributed by atoms with Crippen LogP contribution in [-0.2, 0) is 17.8 Å². The van der Waals surface area contributed by atoms with E-state index in [4.69, 9.17) is 4.98 Å². The number of H-pyrrole nitrogens is 2. The van der Waals surface area contributed by atoms with Gasteiger partial charge in [-0.05, 0) is 44.6 Å². The Hall–Kier alpha value is -2.97. The molecule has 4 heterocycles. The van der Waals surface area contributed by atoms with Crippen molar-refractivity contribution >= 4 is 11.8 Å². The van der Waals surface area contributed by atoms with Gasteiger partial charge in [0.15, 0.2) is 0 Å². The molecule has 31 heavy (non-hydrogen) atoms. The molecular formula is C22H28N6O3. The highest BCUT2D eigenvalue weighted by molar-refractivity contribution is 5.92. The second kappa shape index (κ2) is 7.94. The molecule has 0 unspecified atom stereocenters. The summed E-state index contributed by atoms with van der Waals surface area (Å²) in [5.74, 6) is 0.948. The molecule has 164 valence electrons. The first kappa shape index (κ1) is 20.0. The quantitative estimate of drug-likeness (QED) is 0.779. The Morgan fingerprint density at radius 1 is 1.19 bits per heavy atom. The Bertz CT molecular complexity index is 1070. The molecule has 9 nitrogen and oxygen atoms in total. The van der Waals surface area contributed by atoms with Crippen molar-refractivity contribution in [3.63, 3.8) is 0 Å². The summed E-state index contributed by atoms with van der Waals surface area (Å²) < 4.78 is 0. The average molecular weight is 425 g/mol. The van der Waals surface area contributed by atoms with Gasteiger partial charge in [0.1, 0.15) is 11.5 Å². The molecule has 1 saturated heterocycles. The van der Waals surface area contributed by atoms with Gasteiger partial charge >= 0.3 is 0 Å². The van der Waals surface area contributed by atoms with Crippen LogP contribution in [-0.4, -0.2) is 54.9 Å². The molecule has 1 atom stereocenters. The topological polar surface area (TPSA) is 115 Å². The first-order valence-electron chi connectivity index (χ1n) is 11.3. The van der Waals surface area contributed by atoms with E-state index in [2.05, 4.69) is 15.2 Å². The van der Waals surface area contributed by atoms with Crippen molar-refractivity contribution in [3.05, 3.63) is 44.9 Å². The Morgan fingerprint density at radius 3 is 2.81 bits per heavy atom. The number of amides is 2. The van der Waals surface area contributed by atoms with E-state index < -0.39 is 0 Å². The fourth-order valence-corrected chi connectivity index (χ4v) is 4.71. The van der Waals surface area contributed by atoms with Crippen molar-refractivity contribution in [2.24, 2.45) is 0 Å². The van der Waals surface area contributed by atoms with E-state index in [1.165, 1.54) is 0 Å². The van der Waals surface area contributed by atoms with Gasteiger partial charge in [0.2, 0.25) is 5.91 Å². The van der Waals surface area contributed by atoms with Crippen LogP contribution in [0, 0.1) is 0 Å². The summed E-state index contributed by atoms with van der Waals surface area (Å²) in [7, 11) is 0. The van der Waals surface area contributed by atoms with Gasteiger partial charge in [0.25, 0.3) is 11.5 Å². The smallest absolute Gasteiger partial charge is 0.274 e. The molecule has 2 N–H and O–H groups in total. The fraction of sp³-hybridized carbons (Fsp3) is 0.591. The van der Waals surface area contributed by atoms with E-state index in [1.54, 1.807) is 9.80 Å². The van der Waals surface area contributed by atoms with E-state index in [0.717, 1.165) is 37.8 Å². The summed E-state index contributed by atoms with van der Waals surface area (Å²) in [5, 5.41) is 7.26. The van der Waals surface area contributed by atoms with Crippen LogP contribution in [0.2, 0.25) is 0 Å². The van der Waals surface area contributed by atoms with Crippen LogP contribution in [0.15, 0.2) is 10.9 Å². The third-order valence-corrected chi connectivity index (χ3v) is 6.66. The molecule has 0 aromatic carbocycles. The van der Waals surface area contributed by atoms with Gasteiger partial charge in [-0.25, -0.2) is 4.98 Å². The molecule has 1 saturated carbocycles. The van der Waals surface area contributed by atoms with Crippen molar-refractivity contribution in [3.8, 4) is 0 Å². The van der Waals surface area contributed by atoms with Crippen molar-refractivity contribution in [1.82, 2.24) is 30.0 Å². The Kier molecular flexibility index (Phi) is 5.11. The second-order valence-corrected chi connectivity index (χ2v) is 8.79. The van der Waals surface area contributed by atoms with E-state index in [1.807, 2.05) is 13.0 Å². The van der Waals surface area contributed by atoms with Crippen LogP contribution in [0.1, 0.15) is 90.7 Å². The van der Waals surface area contributed by atoms with Crippen LogP contribution in [0.25, 0.3) is 0 Å². The molecule has 9 heteroatoms. The maximum atomic E-state index is 13.3. The number of carbonyl (C=O) groups excluding carboxylic acids is 2. The molecule has 0 bridgehead atoms. The number of carbonyl (C=O) groups is 2. The summed E-state index contributed by atoms with van der Waals surface area (Å²) in [4.78, 5) is 49.4. The van der Waals surface area contributed by atoms with E-state index in [-0.39, 0.29) is 23.4 Å². The van der Waals surface area contributed by atoms with E-state index in [9.17, 15) is 14.4 Å². The molecule has 2 aromatic rings. The number of aromatic nitrogens is 4. The highest BCUT2D eigenvalue weighted by Gasteiger charge is 2.34. The van der Waals surface area contributed by atoms with Crippen molar-refractivity contribution in [2.45, 2.75) is 70.4 Å². The highest BCUT2D eigenvalue weighted by atomic mass is 16.2. The second-order valence-electron chi connectivity index (χ2n) is 8.79. The predicted octanol–water partition coefficient (Wildman–Crippen LogP) is 2.03. The van der Waals surface area contributed by atoms with Gasteiger partial charge in [-0.15, -0.1) is 0 Å². The van der Waals surface area contributed by atoms with E-state index in [0.29, 0.717) is 61.2 Å². The van der Waals surface area contributed by atoms with Crippen molar-refractivity contribution < 1.29 is 9.59 Å². The summed E-state index contributed by atoms with van der Waals surface area (Å²) >= 11 is 0. The van der Waals surface area contributed by atoms with Gasteiger partial charge in [-0.2, -0.15) is 5.10 Å². The molecular weight excluding hydrogens is 396 g/mol. The molecule has 0 spiro atoms. The van der Waals surface area contributed by atoms with Crippen LogP contribution >= 0.6 is 0 Å². The maximum absolute atomic E-state index is 13.3. The number of fused-ring (bicyclic) bond motifs is 1. The van der Waals surface area contributed by atoms with Gasteiger partial charge in [-0.1, -0.05) is 6.92 Å². The molecule has 2 aromatic heterocycles. The van der Waals surface area contributed by atoms with Gasteiger partial charge < -0.3 is 14.8 Å². The minimum Gasteiger partial charge on any atom is -0.336 e. The van der Waals surface area contributed by atoms with Gasteiger partial charge in [0, 0.05) is 36.7 Å². The largest absolute Gasteiger partial charge is 0.336 e. The Labute approximate surface area is 180 Å². The third kappa shape index (κ3) is 3.77. The molecule has 0 radical (unpaired) electrons. The summed E-state index contributed by atoms with van der Waals surface area (Å²) in [6.45, 7) is 3.34. The van der Waals surface area contributed by atoms with Gasteiger partial charge in [0.05, 0.1) is 18.3 Å². The van der Waals surface area contributed by atoms with Crippen molar-refractivity contribution in [1.29, 1.82) is 0 Å². The predicted molar refractivity (Wildman–Crippen MR) is 112 cm³/mol. The average Bonchev–Trinajstić information content (AvgIpc) is 3.54. The van der Waals surface area contributed by atoms with Crippen LogP contribution in [0.4, 0.5) is 0 Å². The molecule has 2 amide bonds. The third-order valence-electron chi connectivity index (χ3n) is 6.66. The highest BCUT2D eigenvalue weighted by Crippen LogP contribution is 2.39. The minimum atomic E-state index is -0.294. The first-order valence-corrected chi connectivity index (χ1v) is 11.3. The molecule has 1 aliphatic carbocycles. The SMILES string of the molecule is CCC(=O)N1CCc2c(nc([C@@H]3CCCCN3C(=O)c3cc(C4CC4)[nH]n3)[nH]c2=O)C1.